The average molecular weight is 234 g/mol. The molecule has 0 saturated heterocycles. The minimum atomic E-state index is 0. The molecular formula is C10H13Cl2NO. The van der Waals surface area contributed by atoms with E-state index in [-0.39, 0.29) is 12.4 Å². The number of hydrogen-bond donors (Lipinski definition) is 0. The van der Waals surface area contributed by atoms with Crippen molar-refractivity contribution in [1.29, 1.82) is 0 Å². The van der Waals surface area contributed by atoms with Crippen LogP contribution in [-0.4, -0.2) is 11.6 Å². The van der Waals surface area contributed by atoms with Gasteiger partial charge in [0.2, 0.25) is 0 Å². The number of rotatable bonds is 4. The Labute approximate surface area is 95.0 Å². The van der Waals surface area contributed by atoms with Crippen LogP contribution in [0.3, 0.4) is 0 Å². The maximum absolute atomic E-state index is 5.66. The fourth-order valence-corrected chi connectivity index (χ4v) is 1.26. The Morgan fingerprint density at radius 2 is 2.29 bits per heavy atom. The van der Waals surface area contributed by atoms with Crippen molar-refractivity contribution in [3.63, 3.8) is 0 Å². The van der Waals surface area contributed by atoms with Gasteiger partial charge in [0.25, 0.3) is 0 Å². The summed E-state index contributed by atoms with van der Waals surface area (Å²) in [4.78, 5) is 4.09. The van der Waals surface area contributed by atoms with Crippen LogP contribution in [0.15, 0.2) is 18.3 Å². The lowest BCUT2D eigenvalue weighted by Crippen LogP contribution is -1.99. The molecule has 0 radical (unpaired) electrons. The number of ether oxygens (including phenoxy) is 1. The van der Waals surface area contributed by atoms with E-state index in [4.69, 9.17) is 16.3 Å². The molecule has 1 aliphatic carbocycles. The second kappa shape index (κ2) is 5.42. The summed E-state index contributed by atoms with van der Waals surface area (Å²) >= 11 is 5.66. The van der Waals surface area contributed by atoms with Gasteiger partial charge >= 0.3 is 0 Å². The van der Waals surface area contributed by atoms with Crippen LogP contribution < -0.4 is 4.74 Å². The lowest BCUT2D eigenvalue weighted by Gasteiger charge is -2.04. The molecule has 78 valence electrons. The SMILES string of the molecule is Cl.ClCc1cc(OCC2CC2)ccn1. The topological polar surface area (TPSA) is 22.1 Å². The largest absolute Gasteiger partial charge is 0.493 e. The third-order valence-electron chi connectivity index (χ3n) is 2.11. The van der Waals surface area contributed by atoms with Gasteiger partial charge in [-0.2, -0.15) is 0 Å². The van der Waals surface area contributed by atoms with Gasteiger partial charge < -0.3 is 4.74 Å². The molecule has 0 spiro atoms. The van der Waals surface area contributed by atoms with Crippen LogP contribution in [0.2, 0.25) is 0 Å². The molecule has 1 aromatic heterocycles. The van der Waals surface area contributed by atoms with Gasteiger partial charge in [0.1, 0.15) is 5.75 Å². The first kappa shape index (κ1) is 11.6. The Balaban J connectivity index is 0.000000980. The van der Waals surface area contributed by atoms with E-state index in [0.29, 0.717) is 5.88 Å². The van der Waals surface area contributed by atoms with Gasteiger partial charge in [-0.15, -0.1) is 24.0 Å². The third kappa shape index (κ3) is 3.35. The molecule has 0 N–H and O–H groups in total. The first-order valence-electron chi connectivity index (χ1n) is 4.52. The van der Waals surface area contributed by atoms with Gasteiger partial charge in [-0.25, -0.2) is 0 Å². The van der Waals surface area contributed by atoms with Crippen molar-refractivity contribution < 1.29 is 4.74 Å². The van der Waals surface area contributed by atoms with Crippen LogP contribution in [0.25, 0.3) is 0 Å². The monoisotopic (exact) mass is 233 g/mol. The highest BCUT2D eigenvalue weighted by molar-refractivity contribution is 6.16. The number of aromatic nitrogens is 1. The second-order valence-corrected chi connectivity index (χ2v) is 3.64. The summed E-state index contributed by atoms with van der Waals surface area (Å²) in [7, 11) is 0. The summed E-state index contributed by atoms with van der Waals surface area (Å²) in [5.74, 6) is 2.12. The van der Waals surface area contributed by atoms with Crippen molar-refractivity contribution >= 4 is 24.0 Å². The van der Waals surface area contributed by atoms with Crippen LogP contribution >= 0.6 is 24.0 Å². The minimum absolute atomic E-state index is 0. The van der Waals surface area contributed by atoms with Crippen LogP contribution in [-0.2, 0) is 5.88 Å². The van der Waals surface area contributed by atoms with Gasteiger partial charge in [-0.05, 0) is 24.8 Å². The lowest BCUT2D eigenvalue weighted by atomic mass is 10.3. The van der Waals surface area contributed by atoms with E-state index in [1.807, 2.05) is 12.1 Å². The standard InChI is InChI=1S/C10H12ClNO.ClH/c11-6-9-5-10(3-4-12-9)13-7-8-1-2-8;/h3-5,8H,1-2,6-7H2;1H. The molecule has 0 bridgehead atoms. The molecule has 0 amide bonds. The van der Waals surface area contributed by atoms with Crippen LogP contribution in [0.1, 0.15) is 18.5 Å². The zero-order valence-electron chi connectivity index (χ0n) is 7.78. The van der Waals surface area contributed by atoms with E-state index in [9.17, 15) is 0 Å². The predicted molar refractivity (Wildman–Crippen MR) is 59.3 cm³/mol. The Morgan fingerprint density at radius 1 is 1.50 bits per heavy atom. The molecule has 0 aliphatic heterocycles. The highest BCUT2D eigenvalue weighted by Crippen LogP contribution is 2.29. The normalized spacial score (nSPS) is 14.6. The Morgan fingerprint density at radius 3 is 2.93 bits per heavy atom. The molecule has 1 heterocycles. The second-order valence-electron chi connectivity index (χ2n) is 3.37. The lowest BCUT2D eigenvalue weighted by molar-refractivity contribution is 0.299. The van der Waals surface area contributed by atoms with E-state index in [2.05, 4.69) is 4.98 Å². The zero-order chi connectivity index (χ0) is 9.10. The zero-order valence-corrected chi connectivity index (χ0v) is 9.35. The first-order chi connectivity index (χ1) is 6.38. The highest BCUT2D eigenvalue weighted by atomic mass is 35.5. The number of hydrogen-bond acceptors (Lipinski definition) is 2. The number of pyridine rings is 1. The van der Waals surface area contributed by atoms with E-state index in [1.54, 1.807) is 6.20 Å². The van der Waals surface area contributed by atoms with Gasteiger partial charge in [-0.3, -0.25) is 4.98 Å². The molecule has 2 rings (SSSR count). The molecular weight excluding hydrogens is 221 g/mol. The predicted octanol–water partition coefficient (Wildman–Crippen LogP) is 3.03. The molecule has 14 heavy (non-hydrogen) atoms. The van der Waals surface area contributed by atoms with Crippen molar-refractivity contribution in [3.8, 4) is 5.75 Å². The van der Waals surface area contributed by atoms with Crippen molar-refractivity contribution in [2.24, 2.45) is 5.92 Å². The highest BCUT2D eigenvalue weighted by Gasteiger charge is 2.21. The van der Waals surface area contributed by atoms with Crippen LogP contribution in [0.5, 0.6) is 5.75 Å². The van der Waals surface area contributed by atoms with Crippen molar-refractivity contribution in [3.05, 3.63) is 24.0 Å². The quantitative estimate of drug-likeness (QED) is 0.747. The molecule has 0 aromatic carbocycles. The van der Waals surface area contributed by atoms with Gasteiger partial charge in [-0.1, -0.05) is 0 Å². The summed E-state index contributed by atoms with van der Waals surface area (Å²) in [6.07, 6.45) is 4.36. The summed E-state index contributed by atoms with van der Waals surface area (Å²) in [6, 6.07) is 3.77. The molecule has 4 heteroatoms. The molecule has 2 nitrogen and oxygen atoms in total. The van der Waals surface area contributed by atoms with Gasteiger partial charge in [0.05, 0.1) is 18.2 Å². The molecule has 1 aliphatic rings. The number of alkyl halides is 1. The summed E-state index contributed by atoms with van der Waals surface area (Å²) in [6.45, 7) is 0.839. The molecule has 1 saturated carbocycles. The Hall–Kier alpha value is -0.470. The molecule has 0 unspecified atom stereocenters. The summed E-state index contributed by atoms with van der Waals surface area (Å²) in [5, 5.41) is 0. The van der Waals surface area contributed by atoms with Crippen molar-refractivity contribution in [2.75, 3.05) is 6.61 Å². The van der Waals surface area contributed by atoms with Crippen molar-refractivity contribution in [1.82, 2.24) is 4.98 Å². The molecule has 0 atom stereocenters. The van der Waals surface area contributed by atoms with E-state index < -0.39 is 0 Å². The number of halogens is 2. The number of nitrogens with zero attached hydrogens (tertiary/aromatic N) is 1. The van der Waals surface area contributed by atoms with E-state index in [0.717, 1.165) is 24.0 Å². The van der Waals surface area contributed by atoms with E-state index >= 15 is 0 Å². The van der Waals surface area contributed by atoms with E-state index in [1.165, 1.54) is 12.8 Å². The maximum atomic E-state index is 5.66. The fraction of sp³-hybridized carbons (Fsp3) is 0.500. The van der Waals surface area contributed by atoms with Crippen molar-refractivity contribution in [2.45, 2.75) is 18.7 Å². The Kier molecular flexibility index (Phi) is 4.49. The average Bonchev–Trinajstić information content (AvgIpc) is 2.99. The van der Waals surface area contributed by atoms with Gasteiger partial charge in [0.15, 0.2) is 0 Å². The first-order valence-corrected chi connectivity index (χ1v) is 5.05. The van der Waals surface area contributed by atoms with Gasteiger partial charge in [0, 0.05) is 12.3 Å². The third-order valence-corrected chi connectivity index (χ3v) is 2.38. The molecule has 1 aromatic rings. The Bertz CT molecular complexity index is 289. The van der Waals surface area contributed by atoms with Crippen LogP contribution in [0.4, 0.5) is 0 Å². The minimum Gasteiger partial charge on any atom is -0.493 e. The summed E-state index contributed by atoms with van der Waals surface area (Å²) < 4.78 is 5.57. The smallest absolute Gasteiger partial charge is 0.122 e. The maximum Gasteiger partial charge on any atom is 0.122 e. The molecule has 1 fully saturated rings. The summed E-state index contributed by atoms with van der Waals surface area (Å²) in [5.41, 5.74) is 0.870. The fourth-order valence-electron chi connectivity index (χ4n) is 1.12. The van der Waals surface area contributed by atoms with Crippen LogP contribution in [0, 0.1) is 5.92 Å².